The third-order valence-electron chi connectivity index (χ3n) is 5.34. The first kappa shape index (κ1) is 20.8. The van der Waals surface area contributed by atoms with Crippen molar-refractivity contribution in [3.05, 3.63) is 77.6 Å². The fraction of sp³-hybridized carbons (Fsp3) is 0.333. The predicted octanol–water partition coefficient (Wildman–Crippen LogP) is 4.14. The van der Waals surface area contributed by atoms with E-state index in [9.17, 15) is 14.0 Å². The van der Waals surface area contributed by atoms with E-state index in [1.165, 1.54) is 18.2 Å². The van der Waals surface area contributed by atoms with Crippen molar-refractivity contribution >= 4 is 17.9 Å². The molecule has 3 rings (SSSR count). The summed E-state index contributed by atoms with van der Waals surface area (Å²) in [6, 6.07) is 16.0. The fourth-order valence-electron chi connectivity index (χ4n) is 3.73. The molecule has 0 spiro atoms. The Bertz CT molecular complexity index is 858. The van der Waals surface area contributed by atoms with Crippen LogP contribution in [0, 0.1) is 5.82 Å². The molecule has 0 saturated carbocycles. The normalized spacial score (nSPS) is 16.0. The molecule has 2 aromatic rings. The number of nitrogens with one attached hydrogen (secondary N) is 1. The Kier molecular flexibility index (Phi) is 7.17. The van der Waals surface area contributed by atoms with Gasteiger partial charge < -0.3 is 10.2 Å². The second-order valence-electron chi connectivity index (χ2n) is 7.37. The number of nitrogens with zero attached hydrogens (tertiary/aromatic N) is 1. The Hall–Kier alpha value is -2.95. The molecule has 29 heavy (non-hydrogen) atoms. The molecule has 1 atom stereocenters. The van der Waals surface area contributed by atoms with Crippen LogP contribution in [0.1, 0.15) is 43.2 Å². The molecule has 0 radical (unpaired) electrons. The molecule has 1 aliphatic rings. The lowest BCUT2D eigenvalue weighted by Crippen LogP contribution is -2.47. The van der Waals surface area contributed by atoms with Gasteiger partial charge in [0, 0.05) is 25.2 Å². The summed E-state index contributed by atoms with van der Waals surface area (Å²) in [5, 5.41) is 2.98. The van der Waals surface area contributed by atoms with Gasteiger partial charge in [0.25, 0.3) is 0 Å². The van der Waals surface area contributed by atoms with Crippen molar-refractivity contribution in [2.45, 2.75) is 38.1 Å². The number of hydrogen-bond acceptors (Lipinski definition) is 2. The molecule has 0 aromatic heterocycles. The van der Waals surface area contributed by atoms with Crippen molar-refractivity contribution in [1.82, 2.24) is 10.2 Å². The van der Waals surface area contributed by atoms with Gasteiger partial charge in [-0.2, -0.15) is 0 Å². The van der Waals surface area contributed by atoms with E-state index >= 15 is 0 Å². The summed E-state index contributed by atoms with van der Waals surface area (Å²) < 4.78 is 13.2. The van der Waals surface area contributed by atoms with Gasteiger partial charge in [0.15, 0.2) is 0 Å². The minimum Gasteiger partial charge on any atom is -0.350 e. The Balaban J connectivity index is 1.49. The van der Waals surface area contributed by atoms with E-state index in [0.717, 1.165) is 24.8 Å². The number of halogens is 1. The van der Waals surface area contributed by atoms with Crippen LogP contribution in [0.2, 0.25) is 0 Å². The van der Waals surface area contributed by atoms with Crippen molar-refractivity contribution in [1.29, 1.82) is 0 Å². The smallest absolute Gasteiger partial charge is 0.244 e. The number of carbonyl (C=O) groups is 2. The van der Waals surface area contributed by atoms with Crippen LogP contribution in [0.5, 0.6) is 0 Å². The second kappa shape index (κ2) is 10.0. The van der Waals surface area contributed by atoms with Gasteiger partial charge in [-0.25, -0.2) is 4.39 Å². The van der Waals surface area contributed by atoms with E-state index in [1.54, 1.807) is 18.2 Å². The van der Waals surface area contributed by atoms with E-state index in [4.69, 9.17) is 0 Å². The maximum Gasteiger partial charge on any atom is 0.244 e. The highest BCUT2D eigenvalue weighted by atomic mass is 19.1. The van der Waals surface area contributed by atoms with Crippen LogP contribution in [0.3, 0.4) is 0 Å². The maximum absolute atomic E-state index is 13.2. The molecular weight excluding hydrogens is 367 g/mol. The van der Waals surface area contributed by atoms with Gasteiger partial charge in [0.2, 0.25) is 11.8 Å². The van der Waals surface area contributed by atoms with E-state index in [-0.39, 0.29) is 29.6 Å². The van der Waals surface area contributed by atoms with Crippen LogP contribution in [0.15, 0.2) is 60.7 Å². The summed E-state index contributed by atoms with van der Waals surface area (Å²) in [5.41, 5.74) is 1.70. The van der Waals surface area contributed by atoms with E-state index < -0.39 is 0 Å². The van der Waals surface area contributed by atoms with Crippen LogP contribution in [0.25, 0.3) is 6.08 Å². The van der Waals surface area contributed by atoms with Crippen LogP contribution in [-0.4, -0.2) is 35.8 Å². The Morgan fingerprint density at radius 1 is 1.14 bits per heavy atom. The van der Waals surface area contributed by atoms with Gasteiger partial charge in [-0.05, 0) is 48.6 Å². The zero-order valence-electron chi connectivity index (χ0n) is 16.7. The van der Waals surface area contributed by atoms with Crippen molar-refractivity contribution in [2.24, 2.45) is 0 Å². The topological polar surface area (TPSA) is 49.4 Å². The fourth-order valence-corrected chi connectivity index (χ4v) is 3.73. The predicted molar refractivity (Wildman–Crippen MR) is 113 cm³/mol. The number of piperidine rings is 1. The van der Waals surface area contributed by atoms with Gasteiger partial charge >= 0.3 is 0 Å². The summed E-state index contributed by atoms with van der Waals surface area (Å²) in [6.07, 6.45) is 5.26. The number of hydrogen-bond donors (Lipinski definition) is 1. The standard InChI is InChI=1S/C24H27FN2O2/c1-2-22(19-8-4-3-5-9-19)24(29)27-15-13-21(14-16-27)26-23(28)12-11-18-7-6-10-20(25)17-18/h3-12,17,21-22H,2,13-16H2,1H3,(H,26,28)/b12-11+. The first-order valence-corrected chi connectivity index (χ1v) is 10.1. The second-order valence-corrected chi connectivity index (χ2v) is 7.37. The van der Waals surface area contributed by atoms with Crippen LogP contribution in [-0.2, 0) is 9.59 Å². The number of benzene rings is 2. The molecule has 1 fully saturated rings. The average Bonchev–Trinajstić information content (AvgIpc) is 2.74. The summed E-state index contributed by atoms with van der Waals surface area (Å²) in [5.74, 6) is -0.480. The molecule has 1 saturated heterocycles. The molecule has 4 nitrogen and oxygen atoms in total. The van der Waals surface area contributed by atoms with Crippen LogP contribution < -0.4 is 5.32 Å². The number of carbonyl (C=O) groups excluding carboxylic acids is 2. The molecule has 0 aliphatic carbocycles. The molecule has 152 valence electrons. The van der Waals surface area contributed by atoms with Crippen molar-refractivity contribution in [2.75, 3.05) is 13.1 Å². The Labute approximate surface area is 171 Å². The lowest BCUT2D eigenvalue weighted by Gasteiger charge is -2.34. The molecule has 2 aromatic carbocycles. The van der Waals surface area contributed by atoms with Crippen molar-refractivity contribution in [3.8, 4) is 0 Å². The maximum atomic E-state index is 13.2. The minimum atomic E-state index is -0.328. The van der Waals surface area contributed by atoms with Gasteiger partial charge in [0.05, 0.1) is 5.92 Å². The monoisotopic (exact) mass is 394 g/mol. The third-order valence-corrected chi connectivity index (χ3v) is 5.34. The first-order valence-electron chi connectivity index (χ1n) is 10.1. The molecule has 1 N–H and O–H groups in total. The first-order chi connectivity index (χ1) is 14.1. The highest BCUT2D eigenvalue weighted by molar-refractivity contribution is 5.92. The number of rotatable bonds is 6. The largest absolute Gasteiger partial charge is 0.350 e. The average molecular weight is 394 g/mol. The highest BCUT2D eigenvalue weighted by Crippen LogP contribution is 2.24. The van der Waals surface area contributed by atoms with E-state index in [1.807, 2.05) is 42.2 Å². The molecule has 1 heterocycles. The van der Waals surface area contributed by atoms with E-state index in [0.29, 0.717) is 18.7 Å². The zero-order chi connectivity index (χ0) is 20.6. The van der Waals surface area contributed by atoms with Gasteiger partial charge in [-0.1, -0.05) is 49.4 Å². The summed E-state index contributed by atoms with van der Waals surface area (Å²) in [7, 11) is 0. The third kappa shape index (κ3) is 5.76. The molecule has 2 amide bonds. The Morgan fingerprint density at radius 3 is 2.52 bits per heavy atom. The van der Waals surface area contributed by atoms with Gasteiger partial charge in [0.1, 0.15) is 5.82 Å². The summed E-state index contributed by atoms with van der Waals surface area (Å²) in [6.45, 7) is 3.31. The lowest BCUT2D eigenvalue weighted by molar-refractivity contribution is -0.134. The molecule has 1 aliphatic heterocycles. The van der Waals surface area contributed by atoms with Gasteiger partial charge in [-0.15, -0.1) is 0 Å². The number of likely N-dealkylation sites (tertiary alicyclic amines) is 1. The number of amides is 2. The molecular formula is C24H27FN2O2. The SMILES string of the molecule is CCC(C(=O)N1CCC(NC(=O)/C=C/c2cccc(F)c2)CC1)c1ccccc1. The van der Waals surface area contributed by atoms with Crippen LogP contribution >= 0.6 is 0 Å². The van der Waals surface area contributed by atoms with Crippen LogP contribution in [0.4, 0.5) is 4.39 Å². The zero-order valence-corrected chi connectivity index (χ0v) is 16.7. The molecule has 5 heteroatoms. The quantitative estimate of drug-likeness (QED) is 0.749. The molecule has 1 unspecified atom stereocenters. The van der Waals surface area contributed by atoms with Gasteiger partial charge in [-0.3, -0.25) is 9.59 Å². The van der Waals surface area contributed by atoms with E-state index in [2.05, 4.69) is 5.32 Å². The Morgan fingerprint density at radius 2 is 1.86 bits per heavy atom. The lowest BCUT2D eigenvalue weighted by atomic mass is 9.93. The molecule has 0 bridgehead atoms. The van der Waals surface area contributed by atoms with Crippen molar-refractivity contribution in [3.63, 3.8) is 0 Å². The summed E-state index contributed by atoms with van der Waals surface area (Å²) >= 11 is 0. The van der Waals surface area contributed by atoms with Crippen molar-refractivity contribution < 1.29 is 14.0 Å². The summed E-state index contributed by atoms with van der Waals surface area (Å²) in [4.78, 5) is 27.0. The highest BCUT2D eigenvalue weighted by Gasteiger charge is 2.28. The minimum absolute atomic E-state index is 0.0421.